The van der Waals surface area contributed by atoms with Gasteiger partial charge >= 0.3 is 0 Å². The molecular formula is C24H29NO4S. The van der Waals surface area contributed by atoms with Crippen LogP contribution < -0.4 is 4.74 Å². The van der Waals surface area contributed by atoms with E-state index in [1.165, 1.54) is 11.3 Å². The van der Waals surface area contributed by atoms with E-state index >= 15 is 0 Å². The molecule has 0 spiro atoms. The Bertz CT molecular complexity index is 900. The molecule has 0 saturated carbocycles. The van der Waals surface area contributed by atoms with E-state index in [0.29, 0.717) is 30.4 Å². The van der Waals surface area contributed by atoms with Gasteiger partial charge in [-0.05, 0) is 48.1 Å². The van der Waals surface area contributed by atoms with Crippen molar-refractivity contribution in [3.8, 4) is 5.75 Å². The molecule has 0 bridgehead atoms. The Morgan fingerprint density at radius 1 is 1.17 bits per heavy atom. The van der Waals surface area contributed by atoms with Crippen molar-refractivity contribution in [2.45, 2.75) is 46.1 Å². The highest BCUT2D eigenvalue weighted by atomic mass is 32.1. The summed E-state index contributed by atoms with van der Waals surface area (Å²) in [6.07, 6.45) is 2.84. The van der Waals surface area contributed by atoms with Crippen LogP contribution in [0.25, 0.3) is 5.76 Å². The molecule has 0 aliphatic carbocycles. The van der Waals surface area contributed by atoms with Crippen molar-refractivity contribution >= 4 is 28.8 Å². The zero-order valence-corrected chi connectivity index (χ0v) is 18.6. The Balaban J connectivity index is 1.95. The number of thiophene rings is 1. The summed E-state index contributed by atoms with van der Waals surface area (Å²) in [6.45, 7) is 7.35. The lowest BCUT2D eigenvalue weighted by Crippen LogP contribution is -2.30. The zero-order chi connectivity index (χ0) is 21.7. The molecule has 1 aliphatic rings. The third-order valence-corrected chi connectivity index (χ3v) is 5.99. The number of hydrogen-bond donors (Lipinski definition) is 1. The molecule has 1 aliphatic heterocycles. The summed E-state index contributed by atoms with van der Waals surface area (Å²) in [5, 5.41) is 12.9. The number of carbonyl (C=O) groups excluding carboxylic acids is 2. The maximum absolute atomic E-state index is 12.9. The lowest BCUT2D eigenvalue weighted by Gasteiger charge is -2.24. The summed E-state index contributed by atoms with van der Waals surface area (Å²) in [6, 6.07) is 10.3. The van der Waals surface area contributed by atoms with E-state index in [4.69, 9.17) is 4.74 Å². The number of ether oxygens (including phenoxy) is 1. The first-order valence-corrected chi connectivity index (χ1v) is 11.4. The molecular weight excluding hydrogens is 398 g/mol. The summed E-state index contributed by atoms with van der Waals surface area (Å²) >= 11 is 1.48. The number of ketones is 1. The minimum Gasteiger partial charge on any atom is -0.507 e. The number of aliphatic hydroxyl groups excluding tert-OH is 1. The van der Waals surface area contributed by atoms with Gasteiger partial charge in [-0.15, -0.1) is 11.3 Å². The quantitative estimate of drug-likeness (QED) is 0.252. The van der Waals surface area contributed by atoms with Gasteiger partial charge in [-0.2, -0.15) is 0 Å². The number of benzene rings is 1. The molecule has 2 heterocycles. The second-order valence-electron chi connectivity index (χ2n) is 7.94. The SMILES string of the molecule is CCCCCN1C(=O)C(=O)/C(=C(\O)c2ccc(OCC(C)C)cc2)C1c1cccs1. The molecule has 3 rings (SSSR count). The van der Waals surface area contributed by atoms with Crippen molar-refractivity contribution in [1.82, 2.24) is 4.90 Å². The molecule has 1 amide bonds. The molecule has 0 radical (unpaired) electrons. The maximum atomic E-state index is 12.9. The summed E-state index contributed by atoms with van der Waals surface area (Å²) in [5.74, 6) is -0.187. The highest BCUT2D eigenvalue weighted by Crippen LogP contribution is 2.41. The highest BCUT2D eigenvalue weighted by molar-refractivity contribution is 7.10. The Morgan fingerprint density at radius 3 is 2.50 bits per heavy atom. The number of likely N-dealkylation sites (tertiary alicyclic amines) is 1. The van der Waals surface area contributed by atoms with Crippen molar-refractivity contribution in [3.63, 3.8) is 0 Å². The lowest BCUT2D eigenvalue weighted by molar-refractivity contribution is -0.139. The van der Waals surface area contributed by atoms with Crippen LogP contribution >= 0.6 is 11.3 Å². The van der Waals surface area contributed by atoms with Gasteiger partial charge in [0.05, 0.1) is 18.2 Å². The first-order valence-electron chi connectivity index (χ1n) is 10.5. The molecule has 2 aromatic rings. The first-order chi connectivity index (χ1) is 14.4. The van der Waals surface area contributed by atoms with Crippen LogP contribution in [0.5, 0.6) is 5.75 Å². The summed E-state index contributed by atoms with van der Waals surface area (Å²) in [7, 11) is 0. The van der Waals surface area contributed by atoms with Crippen LogP contribution in [-0.2, 0) is 9.59 Å². The van der Waals surface area contributed by atoms with Crippen LogP contribution in [0.2, 0.25) is 0 Å². The number of Topliss-reactive ketones (excluding diaryl/α,β-unsaturated/α-hetero) is 1. The van der Waals surface area contributed by atoms with Gasteiger partial charge in [0, 0.05) is 17.0 Å². The van der Waals surface area contributed by atoms with Gasteiger partial charge in [0.2, 0.25) is 0 Å². The fourth-order valence-corrected chi connectivity index (χ4v) is 4.36. The van der Waals surface area contributed by atoms with Gasteiger partial charge in [0.25, 0.3) is 11.7 Å². The van der Waals surface area contributed by atoms with E-state index in [1.54, 1.807) is 29.2 Å². The molecule has 1 N–H and O–H groups in total. The van der Waals surface area contributed by atoms with Gasteiger partial charge in [-0.1, -0.05) is 39.7 Å². The Kier molecular flexibility index (Phi) is 7.32. The third kappa shape index (κ3) is 4.75. The number of aliphatic hydroxyl groups is 1. The Morgan fingerprint density at radius 2 is 1.90 bits per heavy atom. The average Bonchev–Trinajstić information content (AvgIpc) is 3.35. The van der Waals surface area contributed by atoms with Crippen molar-refractivity contribution in [1.29, 1.82) is 0 Å². The zero-order valence-electron chi connectivity index (χ0n) is 17.8. The van der Waals surface area contributed by atoms with Crippen LogP contribution in [0.3, 0.4) is 0 Å². The summed E-state index contributed by atoms with van der Waals surface area (Å²) in [5.41, 5.74) is 0.662. The molecule has 160 valence electrons. The van der Waals surface area contributed by atoms with Crippen LogP contribution in [0, 0.1) is 5.92 Å². The second kappa shape index (κ2) is 9.94. The van der Waals surface area contributed by atoms with Gasteiger partial charge < -0.3 is 14.7 Å². The number of unbranched alkanes of at least 4 members (excludes halogenated alkanes) is 2. The van der Waals surface area contributed by atoms with Gasteiger partial charge in [-0.25, -0.2) is 0 Å². The van der Waals surface area contributed by atoms with E-state index < -0.39 is 17.7 Å². The van der Waals surface area contributed by atoms with E-state index in [1.807, 2.05) is 17.5 Å². The van der Waals surface area contributed by atoms with Crippen molar-refractivity contribution < 1.29 is 19.4 Å². The van der Waals surface area contributed by atoms with E-state index in [9.17, 15) is 14.7 Å². The van der Waals surface area contributed by atoms with Crippen LogP contribution in [0.1, 0.15) is 56.5 Å². The predicted octanol–water partition coefficient (Wildman–Crippen LogP) is 5.39. The minimum atomic E-state index is -0.623. The van der Waals surface area contributed by atoms with Crippen LogP contribution in [-0.4, -0.2) is 34.8 Å². The average molecular weight is 428 g/mol. The Hall–Kier alpha value is -2.60. The smallest absolute Gasteiger partial charge is 0.295 e. The molecule has 30 heavy (non-hydrogen) atoms. The molecule has 1 saturated heterocycles. The molecule has 6 heteroatoms. The minimum absolute atomic E-state index is 0.139. The number of rotatable bonds is 9. The fourth-order valence-electron chi connectivity index (χ4n) is 3.51. The highest BCUT2D eigenvalue weighted by Gasteiger charge is 2.46. The van der Waals surface area contributed by atoms with Gasteiger partial charge in [0.15, 0.2) is 0 Å². The lowest BCUT2D eigenvalue weighted by atomic mass is 9.99. The number of amides is 1. The fraction of sp³-hybridized carbons (Fsp3) is 0.417. The molecule has 1 aromatic heterocycles. The topological polar surface area (TPSA) is 66.8 Å². The van der Waals surface area contributed by atoms with E-state index in [-0.39, 0.29) is 11.3 Å². The standard InChI is InChI=1S/C24H29NO4S/c1-4-5-6-13-25-21(19-8-7-14-30-19)20(23(27)24(25)28)22(26)17-9-11-18(12-10-17)29-15-16(2)3/h7-12,14,16,21,26H,4-6,13,15H2,1-3H3/b22-20-. The summed E-state index contributed by atoms with van der Waals surface area (Å²) < 4.78 is 5.69. The van der Waals surface area contributed by atoms with E-state index in [0.717, 1.165) is 24.1 Å². The Labute approximate surface area is 182 Å². The molecule has 1 atom stereocenters. The monoisotopic (exact) mass is 427 g/mol. The molecule has 1 aromatic carbocycles. The van der Waals surface area contributed by atoms with Crippen molar-refractivity contribution in [3.05, 3.63) is 57.8 Å². The number of carbonyl (C=O) groups is 2. The second-order valence-corrected chi connectivity index (χ2v) is 8.92. The van der Waals surface area contributed by atoms with Crippen LogP contribution in [0.4, 0.5) is 0 Å². The molecule has 5 nitrogen and oxygen atoms in total. The van der Waals surface area contributed by atoms with Gasteiger partial charge in [0.1, 0.15) is 11.5 Å². The van der Waals surface area contributed by atoms with Gasteiger partial charge in [-0.3, -0.25) is 9.59 Å². The van der Waals surface area contributed by atoms with Crippen LogP contribution in [0.15, 0.2) is 47.4 Å². The largest absolute Gasteiger partial charge is 0.507 e. The number of nitrogens with zero attached hydrogens (tertiary/aromatic N) is 1. The van der Waals surface area contributed by atoms with Crippen molar-refractivity contribution in [2.75, 3.05) is 13.2 Å². The predicted molar refractivity (Wildman–Crippen MR) is 120 cm³/mol. The van der Waals surface area contributed by atoms with E-state index in [2.05, 4.69) is 20.8 Å². The molecule has 1 fully saturated rings. The normalized spacial score (nSPS) is 18.4. The first kappa shape index (κ1) is 22.1. The molecule has 1 unspecified atom stereocenters. The number of hydrogen-bond acceptors (Lipinski definition) is 5. The third-order valence-electron chi connectivity index (χ3n) is 5.07. The maximum Gasteiger partial charge on any atom is 0.295 e. The summed E-state index contributed by atoms with van der Waals surface area (Å²) in [4.78, 5) is 28.1. The van der Waals surface area contributed by atoms with Crippen molar-refractivity contribution in [2.24, 2.45) is 5.92 Å².